The number of hydrazine groups is 1. The van der Waals surface area contributed by atoms with Crippen molar-refractivity contribution < 1.29 is 24.2 Å². The molecule has 3 amide bonds. The zero-order chi connectivity index (χ0) is 22.7. The number of benzene rings is 2. The van der Waals surface area contributed by atoms with E-state index in [1.165, 1.54) is 30.3 Å². The van der Waals surface area contributed by atoms with Crippen molar-refractivity contribution in [2.24, 2.45) is 0 Å². The van der Waals surface area contributed by atoms with E-state index < -0.39 is 45.5 Å². The van der Waals surface area contributed by atoms with Crippen molar-refractivity contribution in [2.45, 2.75) is 25.8 Å². The minimum Gasteiger partial charge on any atom is -0.273 e. The Balaban J connectivity index is 2.12. The van der Waals surface area contributed by atoms with E-state index in [1.54, 1.807) is 0 Å². The first-order valence-electron chi connectivity index (χ1n) is 9.04. The lowest BCUT2D eigenvalue weighted by Gasteiger charge is -2.35. The number of nitro groups is 2. The van der Waals surface area contributed by atoms with Crippen LogP contribution in [0.25, 0.3) is 0 Å². The van der Waals surface area contributed by atoms with Gasteiger partial charge in [-0.2, -0.15) is 5.01 Å². The van der Waals surface area contributed by atoms with Crippen LogP contribution in [0.1, 0.15) is 35.2 Å². The summed E-state index contributed by atoms with van der Waals surface area (Å²) in [6.45, 7) is -0.546. The predicted octanol–water partition coefficient (Wildman–Crippen LogP) is 3.25. The summed E-state index contributed by atoms with van der Waals surface area (Å²) in [5.41, 5.74) is -1.33. The van der Waals surface area contributed by atoms with E-state index >= 15 is 0 Å². The molecule has 1 fully saturated rings. The quantitative estimate of drug-likeness (QED) is 0.376. The highest BCUT2D eigenvalue weighted by atomic mass is 35.5. The molecular weight excluding hydrogens is 432 g/mol. The van der Waals surface area contributed by atoms with Gasteiger partial charge in [0.25, 0.3) is 17.3 Å². The van der Waals surface area contributed by atoms with Gasteiger partial charge < -0.3 is 0 Å². The summed E-state index contributed by atoms with van der Waals surface area (Å²) in [7, 11) is 0. The van der Waals surface area contributed by atoms with Crippen molar-refractivity contribution in [1.82, 2.24) is 10.0 Å². The number of carbonyl (C=O) groups is 3. The Labute approximate surface area is 180 Å². The number of hydrogen-bond donors (Lipinski definition) is 0. The minimum absolute atomic E-state index is 0.00694. The van der Waals surface area contributed by atoms with Crippen LogP contribution in [0.2, 0.25) is 5.02 Å². The zero-order valence-corrected chi connectivity index (χ0v) is 16.7. The van der Waals surface area contributed by atoms with Crippen LogP contribution in [0.5, 0.6) is 0 Å². The highest BCUT2D eigenvalue weighted by Gasteiger charge is 2.37. The lowest BCUT2D eigenvalue weighted by Crippen LogP contribution is -2.54. The third-order valence-electron chi connectivity index (χ3n) is 4.62. The second kappa shape index (κ2) is 8.88. The SMILES string of the molecule is O=C(c1ccccc1[N+](=O)[O-])N(Cc1ccc(Cl)cc1[N+](=O)[O-])N1C(=O)CCCC1=O. The van der Waals surface area contributed by atoms with Crippen LogP contribution in [0.3, 0.4) is 0 Å². The second-order valence-corrected chi connectivity index (χ2v) is 7.06. The fourth-order valence-corrected chi connectivity index (χ4v) is 3.37. The molecule has 1 aliphatic rings. The van der Waals surface area contributed by atoms with Gasteiger partial charge in [-0.3, -0.25) is 34.6 Å². The molecule has 2 aromatic carbocycles. The van der Waals surface area contributed by atoms with Gasteiger partial charge in [0.1, 0.15) is 5.56 Å². The van der Waals surface area contributed by atoms with Crippen LogP contribution in [0, 0.1) is 20.2 Å². The maximum absolute atomic E-state index is 13.3. The van der Waals surface area contributed by atoms with Crippen LogP contribution in [0.15, 0.2) is 42.5 Å². The normalized spacial score (nSPS) is 13.8. The number of para-hydroxylation sites is 1. The van der Waals surface area contributed by atoms with Gasteiger partial charge in [0.15, 0.2) is 0 Å². The number of nitrogens with zero attached hydrogens (tertiary/aromatic N) is 4. The molecule has 1 heterocycles. The van der Waals surface area contributed by atoms with Gasteiger partial charge in [-0.05, 0) is 24.6 Å². The van der Waals surface area contributed by atoms with Crippen LogP contribution in [-0.4, -0.2) is 37.6 Å². The van der Waals surface area contributed by atoms with E-state index in [0.29, 0.717) is 16.4 Å². The van der Waals surface area contributed by atoms with Gasteiger partial charge >= 0.3 is 0 Å². The molecule has 0 saturated carbocycles. The van der Waals surface area contributed by atoms with E-state index in [0.717, 1.165) is 12.1 Å². The zero-order valence-electron chi connectivity index (χ0n) is 15.9. The third kappa shape index (κ3) is 4.51. The summed E-state index contributed by atoms with van der Waals surface area (Å²) in [6, 6.07) is 8.77. The third-order valence-corrected chi connectivity index (χ3v) is 4.86. The Morgan fingerprint density at radius 3 is 2.23 bits per heavy atom. The molecule has 3 rings (SSSR count). The van der Waals surface area contributed by atoms with Crippen molar-refractivity contribution in [2.75, 3.05) is 0 Å². The van der Waals surface area contributed by atoms with E-state index in [-0.39, 0.29) is 29.0 Å². The maximum atomic E-state index is 13.3. The first-order chi connectivity index (χ1) is 14.7. The average molecular weight is 447 g/mol. The van der Waals surface area contributed by atoms with Gasteiger partial charge in [0, 0.05) is 30.0 Å². The topological polar surface area (TPSA) is 144 Å². The van der Waals surface area contributed by atoms with Gasteiger partial charge in [0.2, 0.25) is 11.8 Å². The molecule has 0 N–H and O–H groups in total. The number of nitro benzene ring substituents is 2. The van der Waals surface area contributed by atoms with Gasteiger partial charge in [-0.25, -0.2) is 5.01 Å². The fourth-order valence-electron chi connectivity index (χ4n) is 3.20. The number of rotatable bonds is 6. The van der Waals surface area contributed by atoms with Gasteiger partial charge in [-0.1, -0.05) is 23.7 Å². The van der Waals surface area contributed by atoms with Crippen LogP contribution in [-0.2, 0) is 16.1 Å². The summed E-state index contributed by atoms with van der Waals surface area (Å²) in [5, 5.41) is 24.2. The molecule has 0 bridgehead atoms. The molecular formula is C19H15ClN4O7. The van der Waals surface area contributed by atoms with E-state index in [2.05, 4.69) is 0 Å². The molecule has 0 spiro atoms. The van der Waals surface area contributed by atoms with Crippen molar-refractivity contribution in [3.63, 3.8) is 0 Å². The largest absolute Gasteiger partial charge is 0.282 e. The highest BCUT2D eigenvalue weighted by Crippen LogP contribution is 2.28. The molecule has 0 atom stereocenters. The first kappa shape index (κ1) is 21.8. The number of carbonyl (C=O) groups excluding carboxylic acids is 3. The number of piperidine rings is 1. The molecule has 0 aliphatic carbocycles. The monoisotopic (exact) mass is 446 g/mol. The number of hydrogen-bond acceptors (Lipinski definition) is 7. The molecule has 31 heavy (non-hydrogen) atoms. The second-order valence-electron chi connectivity index (χ2n) is 6.62. The molecule has 160 valence electrons. The maximum Gasteiger partial charge on any atom is 0.282 e. The number of halogens is 1. The van der Waals surface area contributed by atoms with Crippen molar-refractivity contribution in [3.05, 3.63) is 78.8 Å². The standard InChI is InChI=1S/C19H15ClN4O7/c20-13-9-8-12(16(10-13)24(30)31)11-21(22-17(25)6-3-7-18(22)26)19(27)14-4-1-2-5-15(14)23(28)29/h1-2,4-5,8-10H,3,6-7,11H2. The van der Waals surface area contributed by atoms with Crippen LogP contribution >= 0.6 is 11.6 Å². The lowest BCUT2D eigenvalue weighted by molar-refractivity contribution is -0.385. The van der Waals surface area contributed by atoms with Crippen molar-refractivity contribution in [3.8, 4) is 0 Å². The first-order valence-corrected chi connectivity index (χ1v) is 9.42. The smallest absolute Gasteiger partial charge is 0.273 e. The molecule has 0 unspecified atom stereocenters. The minimum atomic E-state index is -1.01. The van der Waals surface area contributed by atoms with E-state index in [4.69, 9.17) is 11.6 Å². The van der Waals surface area contributed by atoms with Gasteiger partial charge in [-0.15, -0.1) is 0 Å². The molecule has 11 nitrogen and oxygen atoms in total. The molecule has 12 heteroatoms. The van der Waals surface area contributed by atoms with Crippen molar-refractivity contribution >= 4 is 40.7 Å². The summed E-state index contributed by atoms with van der Waals surface area (Å²) >= 11 is 5.83. The summed E-state index contributed by atoms with van der Waals surface area (Å²) in [4.78, 5) is 59.6. The Hall–Kier alpha value is -3.86. The Morgan fingerprint density at radius 1 is 1.00 bits per heavy atom. The summed E-state index contributed by atoms with van der Waals surface area (Å²) in [6.07, 6.45) is 0.257. The number of imide groups is 1. The molecule has 1 saturated heterocycles. The highest BCUT2D eigenvalue weighted by molar-refractivity contribution is 6.30. The molecule has 0 radical (unpaired) electrons. The van der Waals surface area contributed by atoms with Gasteiger partial charge in [0.05, 0.1) is 22.0 Å². The molecule has 1 aliphatic heterocycles. The van der Waals surface area contributed by atoms with E-state index in [9.17, 15) is 34.6 Å². The van der Waals surface area contributed by atoms with Crippen molar-refractivity contribution in [1.29, 1.82) is 0 Å². The Kier molecular flexibility index (Phi) is 6.25. The fraction of sp³-hybridized carbons (Fsp3) is 0.211. The summed E-state index contributed by atoms with van der Waals surface area (Å²) in [5.74, 6) is -2.38. The Morgan fingerprint density at radius 2 is 1.61 bits per heavy atom. The van der Waals surface area contributed by atoms with Crippen LogP contribution in [0.4, 0.5) is 11.4 Å². The Bertz CT molecular complexity index is 1090. The molecule has 2 aromatic rings. The lowest BCUT2D eigenvalue weighted by atomic mass is 10.1. The predicted molar refractivity (Wildman–Crippen MR) is 107 cm³/mol. The molecule has 0 aromatic heterocycles. The van der Waals surface area contributed by atoms with Crippen LogP contribution < -0.4 is 0 Å². The summed E-state index contributed by atoms with van der Waals surface area (Å²) < 4.78 is 0. The number of amides is 3. The average Bonchev–Trinajstić information content (AvgIpc) is 2.73. The van der Waals surface area contributed by atoms with E-state index in [1.807, 2.05) is 0 Å².